The standard InChI is InChI=1S/C31H34Cl2N2O3/c1-22-10-8-9-15-29(22)38-21-30(36)35(20-24-16-17-25(32)19-27(24)33)28(18-23-11-4-2-5-12-23)31(37)34-26-13-6-3-7-14-26/h2,4-5,8-12,15-17,19,26,28H,3,6-7,13-14,18,20-21H2,1H3,(H,34,37)/t28-/m0/s1. The van der Waals surface area contributed by atoms with Gasteiger partial charge in [-0.05, 0) is 54.7 Å². The van der Waals surface area contributed by atoms with Crippen molar-refractivity contribution in [1.82, 2.24) is 10.2 Å². The minimum atomic E-state index is -0.737. The summed E-state index contributed by atoms with van der Waals surface area (Å²) >= 11 is 12.6. The van der Waals surface area contributed by atoms with E-state index < -0.39 is 6.04 Å². The Bertz CT molecular complexity index is 1230. The maximum Gasteiger partial charge on any atom is 0.261 e. The number of hydrogen-bond donors (Lipinski definition) is 1. The van der Waals surface area contributed by atoms with Gasteiger partial charge in [0, 0.05) is 29.1 Å². The molecular weight excluding hydrogens is 519 g/mol. The number of nitrogens with one attached hydrogen (secondary N) is 1. The van der Waals surface area contributed by atoms with E-state index >= 15 is 0 Å². The predicted octanol–water partition coefficient (Wildman–Crippen LogP) is 6.77. The van der Waals surface area contributed by atoms with Crippen LogP contribution in [0.15, 0.2) is 72.8 Å². The summed E-state index contributed by atoms with van der Waals surface area (Å²) in [6.45, 7) is 1.89. The van der Waals surface area contributed by atoms with Crippen molar-refractivity contribution in [3.8, 4) is 5.75 Å². The first-order valence-corrected chi connectivity index (χ1v) is 13.9. The SMILES string of the molecule is Cc1ccccc1OCC(=O)N(Cc1ccc(Cl)cc1Cl)[C@@H](Cc1ccccc1)C(=O)NC1CCCCC1. The molecule has 200 valence electrons. The number of aryl methyl sites for hydroxylation is 1. The van der Waals surface area contributed by atoms with Crippen LogP contribution in [-0.4, -0.2) is 35.4 Å². The van der Waals surface area contributed by atoms with Gasteiger partial charge in [-0.15, -0.1) is 0 Å². The zero-order chi connectivity index (χ0) is 26.9. The fourth-order valence-corrected chi connectivity index (χ4v) is 5.34. The average Bonchev–Trinajstić information content (AvgIpc) is 2.92. The summed E-state index contributed by atoms with van der Waals surface area (Å²) in [4.78, 5) is 29.2. The number of carbonyl (C=O) groups excluding carboxylic acids is 2. The number of ether oxygens (including phenoxy) is 1. The van der Waals surface area contributed by atoms with Crippen LogP contribution in [0.3, 0.4) is 0 Å². The third kappa shape index (κ3) is 7.75. The Morgan fingerprint density at radius 2 is 1.68 bits per heavy atom. The molecule has 0 bridgehead atoms. The molecule has 0 radical (unpaired) electrons. The predicted molar refractivity (Wildman–Crippen MR) is 153 cm³/mol. The second kappa shape index (κ2) is 13.7. The largest absolute Gasteiger partial charge is 0.484 e. The van der Waals surface area contributed by atoms with E-state index in [2.05, 4.69) is 5.32 Å². The third-order valence-electron chi connectivity index (χ3n) is 7.02. The summed E-state index contributed by atoms with van der Waals surface area (Å²) in [5.74, 6) is 0.186. The van der Waals surface area contributed by atoms with Gasteiger partial charge in [-0.25, -0.2) is 0 Å². The molecule has 4 rings (SSSR count). The first kappa shape index (κ1) is 28.0. The lowest BCUT2D eigenvalue weighted by Crippen LogP contribution is -2.53. The fraction of sp³-hybridized carbons (Fsp3) is 0.355. The smallest absolute Gasteiger partial charge is 0.261 e. The molecule has 0 aliphatic heterocycles. The lowest BCUT2D eigenvalue weighted by molar-refractivity contribution is -0.143. The molecule has 0 saturated heterocycles. The Kier molecular flexibility index (Phi) is 10.1. The zero-order valence-electron chi connectivity index (χ0n) is 21.7. The van der Waals surface area contributed by atoms with Gasteiger partial charge in [0.25, 0.3) is 5.91 Å². The van der Waals surface area contributed by atoms with Crippen molar-refractivity contribution < 1.29 is 14.3 Å². The van der Waals surface area contributed by atoms with Crippen LogP contribution in [0.2, 0.25) is 10.0 Å². The zero-order valence-corrected chi connectivity index (χ0v) is 23.2. The van der Waals surface area contributed by atoms with E-state index in [1.165, 1.54) is 6.42 Å². The van der Waals surface area contributed by atoms with E-state index in [0.717, 1.165) is 36.8 Å². The highest BCUT2D eigenvalue weighted by molar-refractivity contribution is 6.35. The molecule has 38 heavy (non-hydrogen) atoms. The van der Waals surface area contributed by atoms with Crippen LogP contribution < -0.4 is 10.1 Å². The minimum absolute atomic E-state index is 0.119. The first-order chi connectivity index (χ1) is 18.4. The summed E-state index contributed by atoms with van der Waals surface area (Å²) in [6, 6.07) is 21.9. The Morgan fingerprint density at radius 1 is 0.974 bits per heavy atom. The lowest BCUT2D eigenvalue weighted by atomic mass is 9.94. The summed E-state index contributed by atoms with van der Waals surface area (Å²) in [5.41, 5.74) is 2.61. The molecule has 1 aliphatic carbocycles. The number of nitrogens with zero attached hydrogens (tertiary/aromatic N) is 1. The highest BCUT2D eigenvalue weighted by Gasteiger charge is 2.32. The quantitative estimate of drug-likeness (QED) is 0.302. The molecule has 5 nitrogen and oxygen atoms in total. The molecule has 0 aromatic heterocycles. The maximum absolute atomic E-state index is 13.8. The van der Waals surface area contributed by atoms with Gasteiger partial charge in [0.15, 0.2) is 6.61 Å². The van der Waals surface area contributed by atoms with Crippen LogP contribution >= 0.6 is 23.2 Å². The summed E-state index contributed by atoms with van der Waals surface area (Å²) in [6.07, 6.45) is 5.67. The number of benzene rings is 3. The van der Waals surface area contributed by atoms with Crippen LogP contribution in [0, 0.1) is 6.92 Å². The first-order valence-electron chi connectivity index (χ1n) is 13.2. The van der Waals surface area contributed by atoms with Crippen LogP contribution in [0.25, 0.3) is 0 Å². The van der Waals surface area contributed by atoms with Gasteiger partial charge in [-0.1, -0.05) is 97.1 Å². The van der Waals surface area contributed by atoms with Gasteiger partial charge in [0.1, 0.15) is 11.8 Å². The van der Waals surface area contributed by atoms with Crippen LogP contribution in [-0.2, 0) is 22.6 Å². The van der Waals surface area contributed by atoms with Crippen LogP contribution in [0.5, 0.6) is 5.75 Å². The van der Waals surface area contributed by atoms with Gasteiger partial charge in [-0.2, -0.15) is 0 Å². The molecule has 1 N–H and O–H groups in total. The molecule has 2 amide bonds. The molecule has 3 aromatic carbocycles. The monoisotopic (exact) mass is 552 g/mol. The van der Waals surface area contributed by atoms with E-state index in [4.69, 9.17) is 27.9 Å². The molecular formula is C31H34Cl2N2O3. The van der Waals surface area contributed by atoms with Crippen molar-refractivity contribution >= 4 is 35.0 Å². The molecule has 7 heteroatoms. The van der Waals surface area contributed by atoms with Crippen molar-refractivity contribution in [3.63, 3.8) is 0 Å². The van der Waals surface area contributed by atoms with E-state index in [9.17, 15) is 9.59 Å². The van der Waals surface area contributed by atoms with E-state index in [-0.39, 0.29) is 31.0 Å². The normalized spacial score (nSPS) is 14.5. The molecule has 1 aliphatic rings. The van der Waals surface area contributed by atoms with Crippen molar-refractivity contribution in [2.75, 3.05) is 6.61 Å². The number of halogens is 2. The highest BCUT2D eigenvalue weighted by atomic mass is 35.5. The molecule has 3 aromatic rings. The Balaban J connectivity index is 1.64. The van der Waals surface area contributed by atoms with Gasteiger partial charge in [0.2, 0.25) is 5.91 Å². The number of amides is 2. The Hall–Kier alpha value is -3.02. The molecule has 0 spiro atoms. The van der Waals surface area contributed by atoms with Crippen molar-refractivity contribution in [1.29, 1.82) is 0 Å². The second-order valence-electron chi connectivity index (χ2n) is 9.86. The maximum atomic E-state index is 13.8. The molecule has 0 heterocycles. The topological polar surface area (TPSA) is 58.6 Å². The summed E-state index contributed by atoms with van der Waals surface area (Å²) in [7, 11) is 0. The average molecular weight is 554 g/mol. The van der Waals surface area contributed by atoms with Gasteiger partial charge in [0.05, 0.1) is 0 Å². The summed E-state index contributed by atoms with van der Waals surface area (Å²) < 4.78 is 5.92. The van der Waals surface area contributed by atoms with E-state index in [0.29, 0.717) is 27.8 Å². The molecule has 1 fully saturated rings. The third-order valence-corrected chi connectivity index (χ3v) is 7.61. The number of carbonyl (C=O) groups is 2. The number of hydrogen-bond acceptors (Lipinski definition) is 3. The Labute approximate surface area is 235 Å². The molecule has 1 atom stereocenters. The molecule has 0 unspecified atom stereocenters. The fourth-order valence-electron chi connectivity index (χ4n) is 4.87. The molecule has 1 saturated carbocycles. The van der Waals surface area contributed by atoms with E-state index in [1.807, 2.05) is 61.5 Å². The van der Waals surface area contributed by atoms with Crippen LogP contribution in [0.4, 0.5) is 0 Å². The van der Waals surface area contributed by atoms with Crippen molar-refractivity contribution in [2.24, 2.45) is 0 Å². The van der Waals surface area contributed by atoms with Crippen molar-refractivity contribution in [2.45, 2.75) is 64.1 Å². The lowest BCUT2D eigenvalue weighted by Gasteiger charge is -2.33. The minimum Gasteiger partial charge on any atom is -0.484 e. The van der Waals surface area contributed by atoms with E-state index in [1.54, 1.807) is 23.1 Å². The second-order valence-corrected chi connectivity index (χ2v) is 10.7. The number of para-hydroxylation sites is 1. The van der Waals surface area contributed by atoms with Crippen LogP contribution in [0.1, 0.15) is 48.8 Å². The summed E-state index contributed by atoms with van der Waals surface area (Å²) in [5, 5.41) is 4.19. The highest BCUT2D eigenvalue weighted by Crippen LogP contribution is 2.25. The van der Waals surface area contributed by atoms with Gasteiger partial charge >= 0.3 is 0 Å². The van der Waals surface area contributed by atoms with Gasteiger partial charge in [-0.3, -0.25) is 9.59 Å². The van der Waals surface area contributed by atoms with Gasteiger partial charge < -0.3 is 15.0 Å². The van der Waals surface area contributed by atoms with Crippen molar-refractivity contribution in [3.05, 3.63) is 99.5 Å². The Morgan fingerprint density at radius 3 is 2.39 bits per heavy atom. The number of rotatable bonds is 10.